The smallest absolute Gasteiger partial charge is 0.398 e. The molecular formula is C15H23F3N4. The zero-order valence-corrected chi connectivity index (χ0v) is 13.0. The lowest BCUT2D eigenvalue weighted by atomic mass is 10.1. The van der Waals surface area contributed by atoms with Crippen LogP contribution in [0.25, 0.3) is 5.70 Å². The topological polar surface area (TPSA) is 90.1 Å². The Morgan fingerprint density at radius 2 is 1.73 bits per heavy atom. The van der Waals surface area contributed by atoms with E-state index in [0.29, 0.717) is 12.1 Å². The molecule has 0 spiro atoms. The number of anilines is 1. The Morgan fingerprint density at radius 3 is 2.18 bits per heavy atom. The van der Waals surface area contributed by atoms with Crippen molar-refractivity contribution in [2.24, 2.45) is 17.2 Å². The maximum Gasteiger partial charge on any atom is 0.418 e. The lowest BCUT2D eigenvalue weighted by Gasteiger charge is -2.15. The van der Waals surface area contributed by atoms with Gasteiger partial charge in [0.15, 0.2) is 0 Å². The lowest BCUT2D eigenvalue weighted by Crippen LogP contribution is -2.11. The average molecular weight is 316 g/mol. The van der Waals surface area contributed by atoms with E-state index in [2.05, 4.69) is 5.32 Å². The second kappa shape index (κ2) is 8.86. The quantitative estimate of drug-likeness (QED) is 0.642. The van der Waals surface area contributed by atoms with Crippen LogP contribution in [0.2, 0.25) is 0 Å². The van der Waals surface area contributed by atoms with Gasteiger partial charge >= 0.3 is 6.18 Å². The van der Waals surface area contributed by atoms with Crippen LogP contribution >= 0.6 is 0 Å². The Hall–Kier alpha value is -2.31. The van der Waals surface area contributed by atoms with Crippen molar-refractivity contribution in [2.75, 3.05) is 11.9 Å². The third kappa shape index (κ3) is 5.99. The fourth-order valence-electron chi connectivity index (χ4n) is 1.59. The number of nitrogens with two attached hydrogens (primary N) is 3. The molecule has 0 aliphatic carbocycles. The zero-order valence-electron chi connectivity index (χ0n) is 13.0. The molecule has 22 heavy (non-hydrogen) atoms. The minimum Gasteiger partial charge on any atom is -0.398 e. The molecule has 0 amide bonds. The predicted octanol–water partition coefficient (Wildman–Crippen LogP) is 3.22. The average Bonchev–Trinajstić information content (AvgIpc) is 2.46. The van der Waals surface area contributed by atoms with Crippen molar-refractivity contribution >= 4 is 11.4 Å². The van der Waals surface area contributed by atoms with Crippen LogP contribution in [0.1, 0.15) is 31.9 Å². The number of halogens is 3. The van der Waals surface area contributed by atoms with Gasteiger partial charge in [-0.15, -0.1) is 0 Å². The van der Waals surface area contributed by atoms with Crippen LogP contribution in [-0.2, 0) is 6.18 Å². The maximum absolute atomic E-state index is 12.8. The van der Waals surface area contributed by atoms with Crippen molar-refractivity contribution in [1.82, 2.24) is 0 Å². The summed E-state index contributed by atoms with van der Waals surface area (Å²) in [5, 5.41) is 2.68. The van der Waals surface area contributed by atoms with Crippen molar-refractivity contribution in [3.63, 3.8) is 0 Å². The molecule has 1 aromatic carbocycles. The Kier molecular flexibility index (Phi) is 7.93. The molecule has 1 rings (SSSR count). The number of rotatable bonds is 4. The maximum atomic E-state index is 12.8. The highest BCUT2D eigenvalue weighted by molar-refractivity contribution is 5.69. The normalized spacial score (nSPS) is 11.3. The molecular weight excluding hydrogens is 293 g/mol. The van der Waals surface area contributed by atoms with Crippen molar-refractivity contribution in [2.45, 2.75) is 26.9 Å². The van der Waals surface area contributed by atoms with Crippen molar-refractivity contribution in [3.05, 3.63) is 47.3 Å². The second-order valence-electron chi connectivity index (χ2n) is 4.08. The Balaban J connectivity index is 0.00000211. The van der Waals surface area contributed by atoms with Crippen LogP contribution in [0.4, 0.5) is 18.9 Å². The highest BCUT2D eigenvalue weighted by Crippen LogP contribution is 2.35. The van der Waals surface area contributed by atoms with Crippen LogP contribution in [0.5, 0.6) is 0 Å². The minimum atomic E-state index is -4.42. The molecule has 7 N–H and O–H groups in total. The van der Waals surface area contributed by atoms with Gasteiger partial charge in [-0.05, 0) is 36.8 Å². The van der Waals surface area contributed by atoms with Gasteiger partial charge in [0, 0.05) is 17.9 Å². The van der Waals surface area contributed by atoms with E-state index in [4.69, 9.17) is 17.2 Å². The van der Waals surface area contributed by atoms with E-state index >= 15 is 0 Å². The first-order chi connectivity index (χ1) is 10.3. The summed E-state index contributed by atoms with van der Waals surface area (Å²) in [4.78, 5) is 0. The summed E-state index contributed by atoms with van der Waals surface area (Å²) in [7, 11) is 0. The predicted molar refractivity (Wildman–Crippen MR) is 85.6 cm³/mol. The number of nitrogens with one attached hydrogen (secondary N) is 1. The first-order valence-electron chi connectivity index (χ1n) is 6.89. The standard InChI is InChI=1S/C13H17F3N4.C2H6/c1-2-20-11-7-8(10(17)5-6-12(18)19)3-4-9(11)13(14,15)16;1-2/h3-7,20H,2,17-19H2,1H3;1-2H3/b10-5-;. The first kappa shape index (κ1) is 19.7. The fourth-order valence-corrected chi connectivity index (χ4v) is 1.59. The highest BCUT2D eigenvalue weighted by Gasteiger charge is 2.33. The third-order valence-electron chi connectivity index (χ3n) is 2.48. The molecule has 0 unspecified atom stereocenters. The molecule has 0 aromatic heterocycles. The Bertz CT molecular complexity index is 530. The molecule has 0 saturated heterocycles. The zero-order chi connectivity index (χ0) is 17.3. The highest BCUT2D eigenvalue weighted by atomic mass is 19.4. The summed E-state index contributed by atoms with van der Waals surface area (Å²) in [5.74, 6) is 0.0618. The molecule has 0 saturated carbocycles. The molecule has 1 aromatic rings. The van der Waals surface area contributed by atoms with Crippen LogP contribution in [0.15, 0.2) is 36.2 Å². The van der Waals surface area contributed by atoms with E-state index in [9.17, 15) is 13.2 Å². The first-order valence-corrected chi connectivity index (χ1v) is 6.89. The molecule has 0 heterocycles. The van der Waals surface area contributed by atoms with E-state index < -0.39 is 11.7 Å². The molecule has 0 radical (unpaired) electrons. The summed E-state index contributed by atoms with van der Waals surface area (Å²) in [6.45, 7) is 6.08. The third-order valence-corrected chi connectivity index (χ3v) is 2.48. The van der Waals surface area contributed by atoms with Gasteiger partial charge in [-0.1, -0.05) is 19.9 Å². The van der Waals surface area contributed by atoms with Crippen molar-refractivity contribution < 1.29 is 13.2 Å². The number of benzene rings is 1. The lowest BCUT2D eigenvalue weighted by molar-refractivity contribution is -0.136. The van der Waals surface area contributed by atoms with Crippen LogP contribution < -0.4 is 22.5 Å². The number of hydrogen-bond acceptors (Lipinski definition) is 4. The number of allylic oxidation sites excluding steroid dienone is 2. The summed E-state index contributed by atoms with van der Waals surface area (Å²) in [5.41, 5.74) is 16.2. The largest absolute Gasteiger partial charge is 0.418 e. The van der Waals surface area contributed by atoms with Gasteiger partial charge in [-0.2, -0.15) is 13.2 Å². The van der Waals surface area contributed by atoms with Gasteiger partial charge in [0.05, 0.1) is 11.4 Å². The molecule has 0 aliphatic heterocycles. The Labute approximate surface area is 128 Å². The van der Waals surface area contributed by atoms with Crippen molar-refractivity contribution in [3.8, 4) is 0 Å². The molecule has 124 valence electrons. The molecule has 0 atom stereocenters. The molecule has 7 heteroatoms. The van der Waals surface area contributed by atoms with Gasteiger partial charge in [-0.25, -0.2) is 0 Å². The molecule has 0 aliphatic rings. The molecule has 0 fully saturated rings. The van der Waals surface area contributed by atoms with Crippen molar-refractivity contribution in [1.29, 1.82) is 0 Å². The van der Waals surface area contributed by atoms with Gasteiger partial charge in [0.25, 0.3) is 0 Å². The van der Waals surface area contributed by atoms with Crippen LogP contribution in [0, 0.1) is 0 Å². The van der Waals surface area contributed by atoms with Crippen LogP contribution in [-0.4, -0.2) is 6.54 Å². The minimum absolute atomic E-state index is 0.0152. The van der Waals surface area contributed by atoms with Crippen LogP contribution in [0.3, 0.4) is 0 Å². The number of alkyl halides is 3. The molecule has 4 nitrogen and oxygen atoms in total. The van der Waals surface area contributed by atoms with Gasteiger partial charge < -0.3 is 22.5 Å². The van der Waals surface area contributed by atoms with E-state index in [1.807, 2.05) is 13.8 Å². The van der Waals surface area contributed by atoms with Gasteiger partial charge in [0.1, 0.15) is 0 Å². The van der Waals surface area contributed by atoms with Gasteiger partial charge in [0.2, 0.25) is 0 Å². The fraction of sp³-hybridized carbons (Fsp3) is 0.333. The number of hydrogen-bond donors (Lipinski definition) is 4. The SMILES string of the molecule is CC.CCNc1cc(/C(N)=C/C=C(N)N)ccc1C(F)(F)F. The summed E-state index contributed by atoms with van der Waals surface area (Å²) in [6.07, 6.45) is -1.61. The monoisotopic (exact) mass is 316 g/mol. The summed E-state index contributed by atoms with van der Waals surface area (Å²) >= 11 is 0. The van der Waals surface area contributed by atoms with E-state index in [1.165, 1.54) is 24.3 Å². The van der Waals surface area contributed by atoms with E-state index in [1.54, 1.807) is 6.92 Å². The Morgan fingerprint density at radius 1 is 1.14 bits per heavy atom. The summed E-state index contributed by atoms with van der Waals surface area (Å²) < 4.78 is 38.5. The molecule has 0 bridgehead atoms. The van der Waals surface area contributed by atoms with E-state index in [0.717, 1.165) is 6.07 Å². The summed E-state index contributed by atoms with van der Waals surface area (Å²) in [6, 6.07) is 3.64. The van der Waals surface area contributed by atoms with E-state index in [-0.39, 0.29) is 17.2 Å². The second-order valence-corrected chi connectivity index (χ2v) is 4.08. The van der Waals surface area contributed by atoms with Gasteiger partial charge in [-0.3, -0.25) is 0 Å².